The predicted molar refractivity (Wildman–Crippen MR) is 122 cm³/mol. The lowest BCUT2D eigenvalue weighted by Gasteiger charge is -2.18. The van der Waals surface area contributed by atoms with Gasteiger partial charge in [-0.3, -0.25) is 15.0 Å². The van der Waals surface area contributed by atoms with Gasteiger partial charge in [0.1, 0.15) is 10.6 Å². The van der Waals surface area contributed by atoms with Gasteiger partial charge in [0.05, 0.1) is 17.4 Å². The Labute approximate surface area is 185 Å². The Morgan fingerprint density at radius 2 is 1.97 bits per heavy atom. The summed E-state index contributed by atoms with van der Waals surface area (Å²) in [5, 5.41) is 5.67. The molecule has 0 unspecified atom stereocenters. The molecule has 0 aliphatic carbocycles. The highest BCUT2D eigenvalue weighted by molar-refractivity contribution is 7.17. The Hall–Kier alpha value is -3.56. The molecule has 1 aromatic carbocycles. The van der Waals surface area contributed by atoms with Gasteiger partial charge < -0.3 is 4.74 Å². The van der Waals surface area contributed by atoms with Crippen molar-refractivity contribution in [3.8, 4) is 27.6 Å². The quantitative estimate of drug-likeness (QED) is 0.444. The SMILES string of the molecule is COc1cccc(-c2csc3nc(-c4cccs4)nc(NN4C(=O)C=C(C)C4=O)c23)c1. The van der Waals surface area contributed by atoms with E-state index in [1.807, 2.05) is 47.2 Å². The molecule has 1 N–H and O–H groups in total. The molecule has 4 heterocycles. The largest absolute Gasteiger partial charge is 0.497 e. The smallest absolute Gasteiger partial charge is 0.275 e. The summed E-state index contributed by atoms with van der Waals surface area (Å²) in [6.45, 7) is 1.61. The molecule has 2 amide bonds. The summed E-state index contributed by atoms with van der Waals surface area (Å²) in [6, 6.07) is 11.5. The zero-order valence-electron chi connectivity index (χ0n) is 16.6. The van der Waals surface area contributed by atoms with Crippen molar-refractivity contribution in [3.63, 3.8) is 0 Å². The van der Waals surface area contributed by atoms with Crippen LogP contribution in [0.25, 0.3) is 32.0 Å². The molecule has 3 aromatic heterocycles. The fourth-order valence-corrected chi connectivity index (χ4v) is 4.95. The van der Waals surface area contributed by atoms with Gasteiger partial charge >= 0.3 is 0 Å². The van der Waals surface area contributed by atoms with Crippen LogP contribution in [0.15, 0.2) is 58.8 Å². The van der Waals surface area contributed by atoms with Gasteiger partial charge in [0.25, 0.3) is 11.8 Å². The highest BCUT2D eigenvalue weighted by Crippen LogP contribution is 2.39. The Bertz CT molecular complexity index is 1360. The first-order valence-electron chi connectivity index (χ1n) is 9.36. The molecule has 0 saturated heterocycles. The number of thiophene rings is 2. The molecular weight excluding hydrogens is 432 g/mol. The summed E-state index contributed by atoms with van der Waals surface area (Å²) >= 11 is 3.00. The first-order valence-corrected chi connectivity index (χ1v) is 11.1. The van der Waals surface area contributed by atoms with Gasteiger partial charge in [0.15, 0.2) is 11.6 Å². The number of carbonyl (C=O) groups is 2. The van der Waals surface area contributed by atoms with E-state index in [4.69, 9.17) is 14.7 Å². The number of nitrogens with zero attached hydrogens (tertiary/aromatic N) is 3. The van der Waals surface area contributed by atoms with E-state index in [0.717, 1.165) is 37.0 Å². The maximum absolute atomic E-state index is 12.5. The summed E-state index contributed by atoms with van der Waals surface area (Å²) < 4.78 is 5.36. The Kier molecular flexibility index (Phi) is 4.76. The molecule has 0 fully saturated rings. The van der Waals surface area contributed by atoms with Crippen LogP contribution in [0.2, 0.25) is 0 Å². The van der Waals surface area contributed by atoms with Crippen molar-refractivity contribution in [2.45, 2.75) is 6.92 Å². The van der Waals surface area contributed by atoms with Gasteiger partial charge in [-0.15, -0.1) is 22.7 Å². The molecule has 4 aromatic rings. The fraction of sp³-hybridized carbons (Fsp3) is 0.0909. The Balaban J connectivity index is 1.69. The minimum atomic E-state index is -0.426. The Morgan fingerprint density at radius 1 is 1.10 bits per heavy atom. The average Bonchev–Trinajstić information content (AvgIpc) is 3.51. The van der Waals surface area contributed by atoms with Crippen molar-refractivity contribution in [1.29, 1.82) is 0 Å². The summed E-state index contributed by atoms with van der Waals surface area (Å²) in [7, 11) is 1.62. The molecule has 0 atom stereocenters. The predicted octanol–water partition coefficient (Wildman–Crippen LogP) is 4.74. The third-order valence-electron chi connectivity index (χ3n) is 4.87. The number of imide groups is 1. The second-order valence-electron chi connectivity index (χ2n) is 6.85. The van der Waals surface area contributed by atoms with Gasteiger partial charge in [-0.05, 0) is 36.1 Å². The maximum atomic E-state index is 12.5. The monoisotopic (exact) mass is 448 g/mol. The third-order valence-corrected chi connectivity index (χ3v) is 6.61. The summed E-state index contributed by atoms with van der Waals surface area (Å²) in [5.74, 6) is 0.843. The van der Waals surface area contributed by atoms with Crippen LogP contribution in [0, 0.1) is 0 Å². The van der Waals surface area contributed by atoms with Crippen molar-refractivity contribution in [1.82, 2.24) is 15.0 Å². The average molecular weight is 449 g/mol. The lowest BCUT2D eigenvalue weighted by molar-refractivity contribution is -0.135. The van der Waals surface area contributed by atoms with Crippen LogP contribution in [0.3, 0.4) is 0 Å². The number of nitrogens with one attached hydrogen (secondary N) is 1. The number of amides is 2. The fourth-order valence-electron chi connectivity index (χ4n) is 3.34. The molecule has 0 bridgehead atoms. The number of methoxy groups -OCH3 is 1. The number of hydrazine groups is 1. The number of fused-ring (bicyclic) bond motifs is 1. The van der Waals surface area contributed by atoms with Crippen molar-refractivity contribution in [2.24, 2.45) is 0 Å². The minimum absolute atomic E-state index is 0.375. The van der Waals surface area contributed by atoms with E-state index in [1.165, 1.54) is 28.7 Å². The molecule has 1 aliphatic rings. The summed E-state index contributed by atoms with van der Waals surface area (Å²) in [5.41, 5.74) is 5.14. The zero-order valence-corrected chi connectivity index (χ0v) is 18.2. The molecule has 0 saturated carbocycles. The van der Waals surface area contributed by atoms with Crippen molar-refractivity contribution in [2.75, 3.05) is 12.5 Å². The summed E-state index contributed by atoms with van der Waals surface area (Å²) in [6.07, 6.45) is 1.31. The van der Waals surface area contributed by atoms with Gasteiger partial charge in [-0.1, -0.05) is 18.2 Å². The van der Waals surface area contributed by atoms with E-state index >= 15 is 0 Å². The number of ether oxygens (including phenoxy) is 1. The summed E-state index contributed by atoms with van der Waals surface area (Å²) in [4.78, 5) is 35.9. The molecule has 9 heteroatoms. The molecule has 5 rings (SSSR count). The number of rotatable bonds is 5. The maximum Gasteiger partial charge on any atom is 0.275 e. The van der Waals surface area contributed by atoms with Gasteiger partial charge in [0.2, 0.25) is 0 Å². The van der Waals surface area contributed by atoms with Crippen LogP contribution in [0.5, 0.6) is 5.75 Å². The van der Waals surface area contributed by atoms with Crippen LogP contribution >= 0.6 is 22.7 Å². The second-order valence-corrected chi connectivity index (χ2v) is 8.66. The van der Waals surface area contributed by atoms with Crippen LogP contribution in [-0.2, 0) is 9.59 Å². The van der Waals surface area contributed by atoms with E-state index < -0.39 is 11.8 Å². The van der Waals surface area contributed by atoms with Gasteiger partial charge in [-0.2, -0.15) is 5.01 Å². The highest BCUT2D eigenvalue weighted by Gasteiger charge is 2.30. The number of hydrogen-bond acceptors (Lipinski definition) is 8. The number of carbonyl (C=O) groups excluding carboxylic acids is 2. The van der Waals surface area contributed by atoms with Gasteiger partial charge in [0, 0.05) is 22.6 Å². The first-order chi connectivity index (χ1) is 15.0. The van der Waals surface area contributed by atoms with Crippen LogP contribution in [-0.4, -0.2) is 33.9 Å². The van der Waals surface area contributed by atoms with Crippen molar-refractivity contribution >= 4 is 50.5 Å². The molecule has 154 valence electrons. The minimum Gasteiger partial charge on any atom is -0.497 e. The van der Waals surface area contributed by atoms with Crippen LogP contribution < -0.4 is 10.2 Å². The van der Waals surface area contributed by atoms with E-state index in [1.54, 1.807) is 14.0 Å². The molecule has 0 spiro atoms. The molecule has 0 radical (unpaired) electrons. The zero-order chi connectivity index (χ0) is 21.5. The van der Waals surface area contributed by atoms with Crippen molar-refractivity contribution in [3.05, 3.63) is 58.8 Å². The lowest BCUT2D eigenvalue weighted by Crippen LogP contribution is -2.36. The normalized spacial score (nSPS) is 13.7. The highest BCUT2D eigenvalue weighted by atomic mass is 32.1. The lowest BCUT2D eigenvalue weighted by atomic mass is 10.1. The van der Waals surface area contributed by atoms with Crippen LogP contribution in [0.1, 0.15) is 6.92 Å². The van der Waals surface area contributed by atoms with Gasteiger partial charge in [-0.25, -0.2) is 9.97 Å². The molecular formula is C22H16N4O3S2. The van der Waals surface area contributed by atoms with Crippen molar-refractivity contribution < 1.29 is 14.3 Å². The van der Waals surface area contributed by atoms with E-state index in [0.29, 0.717) is 17.2 Å². The standard InChI is InChI=1S/C22H16N4O3S2/c1-12-9-17(27)26(22(12)28)25-20-18-15(13-5-3-6-14(10-13)29-2)11-31-21(18)24-19(23-20)16-7-4-8-30-16/h3-11H,1-2H3,(H,23,24,25). The van der Waals surface area contributed by atoms with E-state index in [2.05, 4.69) is 5.43 Å². The molecule has 31 heavy (non-hydrogen) atoms. The van der Waals surface area contributed by atoms with E-state index in [9.17, 15) is 9.59 Å². The van der Waals surface area contributed by atoms with E-state index in [-0.39, 0.29) is 0 Å². The number of hydrogen-bond donors (Lipinski definition) is 1. The van der Waals surface area contributed by atoms with Crippen LogP contribution in [0.4, 0.5) is 5.82 Å². The number of benzene rings is 1. The Morgan fingerprint density at radius 3 is 2.68 bits per heavy atom. The number of anilines is 1. The number of aromatic nitrogens is 2. The second kappa shape index (κ2) is 7.60. The first kappa shape index (κ1) is 19.4. The third kappa shape index (κ3) is 3.37. The molecule has 1 aliphatic heterocycles. The molecule has 7 nitrogen and oxygen atoms in total. The topological polar surface area (TPSA) is 84.4 Å².